The van der Waals surface area contributed by atoms with Crippen LogP contribution in [-0.2, 0) is 19.1 Å². The van der Waals surface area contributed by atoms with Gasteiger partial charge in [-0.25, -0.2) is 19.2 Å². The zero-order valence-electron chi connectivity index (χ0n) is 27.6. The first-order valence-corrected chi connectivity index (χ1v) is 17.8. The van der Waals surface area contributed by atoms with Crippen LogP contribution in [0.4, 0.5) is 0 Å². The number of hydrogen-bond acceptors (Lipinski definition) is 8. The van der Waals surface area contributed by atoms with Crippen LogP contribution < -0.4 is 9.47 Å². The number of esters is 4. The lowest BCUT2D eigenvalue weighted by atomic mass is 9.83. The first kappa shape index (κ1) is 40.5. The van der Waals surface area contributed by atoms with Crippen molar-refractivity contribution >= 4 is 93.5 Å². The molecule has 0 aliphatic heterocycles. The summed E-state index contributed by atoms with van der Waals surface area (Å²) in [5.74, 6) is -3.53. The zero-order chi connectivity index (χ0) is 36.2. The molecule has 1 fully saturated rings. The lowest BCUT2D eigenvalue weighted by Crippen LogP contribution is -2.27. The molecule has 14 heteroatoms. The average Bonchev–Trinajstić information content (AvgIpc) is 3.65. The van der Waals surface area contributed by atoms with Gasteiger partial charge in [0.1, 0.15) is 11.1 Å². The number of benzene rings is 2. The van der Waals surface area contributed by atoms with E-state index in [4.69, 9.17) is 88.6 Å². The average molecular weight is 787 g/mol. The van der Waals surface area contributed by atoms with Crippen LogP contribution in [0.15, 0.2) is 12.1 Å². The summed E-state index contributed by atoms with van der Waals surface area (Å²) in [5.41, 5.74) is -0.931. The Balaban J connectivity index is 1.80. The number of carbonyl (C=O) groups is 4. The smallest absolute Gasteiger partial charge is 0.423 e. The summed E-state index contributed by atoms with van der Waals surface area (Å²) in [5, 5.41) is -1.50. The van der Waals surface area contributed by atoms with Gasteiger partial charge in [0.05, 0.1) is 43.3 Å². The summed E-state index contributed by atoms with van der Waals surface area (Å²) in [6.45, 7) is 14.8. The second-order valence-electron chi connectivity index (χ2n) is 12.8. The molecular formula is C34H38Cl6O8. The van der Waals surface area contributed by atoms with Crippen molar-refractivity contribution in [3.63, 3.8) is 0 Å². The van der Waals surface area contributed by atoms with Gasteiger partial charge in [0.25, 0.3) is 0 Å². The summed E-state index contributed by atoms with van der Waals surface area (Å²) in [7, 11) is 0. The third-order valence-corrected chi connectivity index (χ3v) is 10.8. The molecule has 0 bridgehead atoms. The number of carbonyl (C=O) groups excluding carboxylic acids is 4. The zero-order valence-corrected chi connectivity index (χ0v) is 32.1. The number of rotatable bonds is 13. The predicted molar refractivity (Wildman–Crippen MR) is 188 cm³/mol. The van der Waals surface area contributed by atoms with Crippen LogP contribution in [0.1, 0.15) is 82.0 Å². The number of ether oxygens (including phenoxy) is 4. The molecule has 0 heterocycles. The maximum atomic E-state index is 13.2. The Morgan fingerprint density at radius 2 is 1.08 bits per heavy atom. The van der Waals surface area contributed by atoms with E-state index in [1.165, 1.54) is 0 Å². The Labute approximate surface area is 310 Å². The lowest BCUT2D eigenvalue weighted by Gasteiger charge is -2.24. The summed E-state index contributed by atoms with van der Waals surface area (Å²) < 4.78 is 21.3. The van der Waals surface area contributed by atoms with Crippen molar-refractivity contribution in [2.24, 2.45) is 41.4 Å². The minimum absolute atomic E-state index is 0.0302. The molecule has 1 aliphatic carbocycles. The Kier molecular flexibility index (Phi) is 14.6. The van der Waals surface area contributed by atoms with E-state index in [0.29, 0.717) is 48.3 Å². The third-order valence-electron chi connectivity index (χ3n) is 8.70. The van der Waals surface area contributed by atoms with Gasteiger partial charge in [0.2, 0.25) is 0 Å². The monoisotopic (exact) mass is 784 g/mol. The fourth-order valence-electron chi connectivity index (χ4n) is 6.28. The van der Waals surface area contributed by atoms with E-state index in [1.807, 2.05) is 0 Å². The molecule has 0 amide bonds. The van der Waals surface area contributed by atoms with Gasteiger partial charge in [-0.3, -0.25) is 0 Å². The van der Waals surface area contributed by atoms with Crippen molar-refractivity contribution in [2.75, 3.05) is 13.2 Å². The Morgan fingerprint density at radius 3 is 1.46 bits per heavy atom. The van der Waals surface area contributed by atoms with Gasteiger partial charge in [-0.05, 0) is 66.4 Å². The van der Waals surface area contributed by atoms with E-state index in [0.717, 1.165) is 12.1 Å². The van der Waals surface area contributed by atoms with E-state index < -0.39 is 46.5 Å². The van der Waals surface area contributed by atoms with Crippen molar-refractivity contribution in [3.8, 4) is 11.5 Å². The molecule has 48 heavy (non-hydrogen) atoms. The van der Waals surface area contributed by atoms with Gasteiger partial charge in [0.15, 0.2) is 11.5 Å². The van der Waals surface area contributed by atoms with E-state index >= 15 is 0 Å². The van der Waals surface area contributed by atoms with Crippen LogP contribution >= 0.6 is 69.6 Å². The molecule has 3 unspecified atom stereocenters. The van der Waals surface area contributed by atoms with Crippen LogP contribution in [0.5, 0.6) is 11.5 Å². The molecule has 0 aromatic heterocycles. The molecule has 0 N–H and O–H groups in total. The molecule has 0 radical (unpaired) electrons. The van der Waals surface area contributed by atoms with Crippen LogP contribution in [0.2, 0.25) is 30.1 Å². The van der Waals surface area contributed by atoms with E-state index in [2.05, 4.69) is 48.5 Å². The fourth-order valence-corrected chi connectivity index (χ4v) is 7.72. The maximum absolute atomic E-state index is 13.2. The highest BCUT2D eigenvalue weighted by atomic mass is 35.5. The molecule has 1 saturated carbocycles. The van der Waals surface area contributed by atoms with Crippen molar-refractivity contribution in [1.82, 2.24) is 0 Å². The van der Waals surface area contributed by atoms with Gasteiger partial charge in [-0.15, -0.1) is 0 Å². The van der Waals surface area contributed by atoms with Crippen molar-refractivity contribution in [3.05, 3.63) is 53.4 Å². The summed E-state index contributed by atoms with van der Waals surface area (Å²) in [6.07, 6.45) is 1.18. The topological polar surface area (TPSA) is 105 Å². The van der Waals surface area contributed by atoms with Gasteiger partial charge in [-0.2, -0.15) is 0 Å². The summed E-state index contributed by atoms with van der Waals surface area (Å²) in [6, 6.07) is 2.25. The van der Waals surface area contributed by atoms with Crippen molar-refractivity contribution in [1.29, 1.82) is 0 Å². The highest BCUT2D eigenvalue weighted by Gasteiger charge is 2.47. The Morgan fingerprint density at radius 1 is 0.667 bits per heavy atom. The molecule has 1 aliphatic rings. The molecule has 0 spiro atoms. The van der Waals surface area contributed by atoms with Crippen LogP contribution in [0.25, 0.3) is 0 Å². The molecule has 264 valence electrons. The second-order valence-corrected chi connectivity index (χ2v) is 15.2. The van der Waals surface area contributed by atoms with Crippen LogP contribution in [-0.4, -0.2) is 37.1 Å². The van der Waals surface area contributed by atoms with Crippen LogP contribution in [0.3, 0.4) is 0 Å². The predicted octanol–water partition coefficient (Wildman–Crippen LogP) is 10.7. The molecule has 3 rings (SSSR count). The Bertz CT molecular complexity index is 1550. The molecule has 0 saturated heterocycles. The standard InChI is InChI=1S/C34H38Cl6O8/c1-14(2)18(15(3)4)8-10-45-31(41)25-27(39)20(35)12-22(37)29(25)47-33(43)34(44)48-30-23(38)13-21(36)28(40)26(30)32(42)46-11-9-19-17(7)24(19)16(5)6/h12-19,24H,8-11H2,1-7H3. The maximum Gasteiger partial charge on any atom is 0.423 e. The molecule has 2 aromatic rings. The number of hydrogen-bond donors (Lipinski definition) is 0. The lowest BCUT2D eigenvalue weighted by molar-refractivity contribution is -0.156. The molecular weight excluding hydrogens is 749 g/mol. The van der Waals surface area contributed by atoms with Crippen LogP contribution in [0, 0.1) is 41.4 Å². The molecule has 2 aromatic carbocycles. The Hall–Kier alpha value is -1.94. The highest BCUT2D eigenvalue weighted by Crippen LogP contribution is 2.52. The van der Waals surface area contributed by atoms with Crippen molar-refractivity contribution in [2.45, 2.75) is 61.3 Å². The molecule has 3 atom stereocenters. The van der Waals surface area contributed by atoms with Crippen molar-refractivity contribution < 1.29 is 38.1 Å². The normalized spacial score (nSPS) is 17.2. The third kappa shape index (κ3) is 9.64. The first-order valence-electron chi connectivity index (χ1n) is 15.5. The number of halogens is 6. The van der Waals surface area contributed by atoms with Gasteiger partial charge >= 0.3 is 23.9 Å². The first-order chi connectivity index (χ1) is 22.4. The highest BCUT2D eigenvalue weighted by molar-refractivity contribution is 6.47. The molecule has 8 nitrogen and oxygen atoms in total. The van der Waals surface area contributed by atoms with E-state index in [1.54, 1.807) is 0 Å². The SMILES string of the molecule is CC(C)C(CCOC(=O)c1c(Cl)c(Cl)cc(Cl)c1OC(=O)C(=O)Oc1c(Cl)cc(Cl)c(Cl)c1C(=O)OCCC1C(C)C1C(C)C)C(C)C. The van der Waals surface area contributed by atoms with E-state index in [-0.39, 0.29) is 49.3 Å². The minimum atomic E-state index is -1.65. The largest absolute Gasteiger partial charge is 0.462 e. The second kappa shape index (κ2) is 17.3. The summed E-state index contributed by atoms with van der Waals surface area (Å²) >= 11 is 37.5. The fraction of sp³-hybridized carbons (Fsp3) is 0.529. The van der Waals surface area contributed by atoms with Gasteiger partial charge < -0.3 is 18.9 Å². The quantitative estimate of drug-likeness (QED) is 0.0855. The van der Waals surface area contributed by atoms with Gasteiger partial charge in [0, 0.05) is 0 Å². The summed E-state index contributed by atoms with van der Waals surface area (Å²) in [4.78, 5) is 52.3. The minimum Gasteiger partial charge on any atom is -0.462 e. The van der Waals surface area contributed by atoms with E-state index in [9.17, 15) is 19.2 Å². The van der Waals surface area contributed by atoms with Gasteiger partial charge in [-0.1, -0.05) is 118 Å².